The Balaban J connectivity index is 2.86. The van der Waals surface area contributed by atoms with Gasteiger partial charge < -0.3 is 10.9 Å². The maximum atomic E-state index is 11.0. The van der Waals surface area contributed by atoms with Crippen molar-refractivity contribution >= 4 is 5.91 Å². The van der Waals surface area contributed by atoms with Gasteiger partial charge in [0.25, 0.3) is 0 Å². The van der Waals surface area contributed by atoms with Gasteiger partial charge in [0.05, 0.1) is 6.04 Å². The molecule has 14 heavy (non-hydrogen) atoms. The summed E-state index contributed by atoms with van der Waals surface area (Å²) in [7, 11) is 3.41. The molecule has 0 radical (unpaired) electrons. The van der Waals surface area contributed by atoms with Gasteiger partial charge in [0.15, 0.2) is 0 Å². The highest BCUT2D eigenvalue weighted by molar-refractivity contribution is 5.82. The maximum absolute atomic E-state index is 11.0. The summed E-state index contributed by atoms with van der Waals surface area (Å²) in [6.45, 7) is 2.49. The molecule has 0 spiro atoms. The van der Waals surface area contributed by atoms with E-state index in [1.165, 1.54) is 0 Å². The summed E-state index contributed by atoms with van der Waals surface area (Å²) in [5.41, 5.74) is 6.21. The number of primary amides is 1. The van der Waals surface area contributed by atoms with E-state index in [2.05, 4.69) is 0 Å². The summed E-state index contributed by atoms with van der Waals surface area (Å²) >= 11 is 0. The van der Waals surface area contributed by atoms with Gasteiger partial charge in [-0.25, -0.2) is 0 Å². The number of hydrogen-bond donors (Lipinski definition) is 2. The smallest absolute Gasteiger partial charge is 0.238 e. The standard InChI is InChI=1S/C9H17N3O2/c1-6-4-7(9(10)13)11(2)5-8(6)12(3)14/h4,7-8,14H,5H2,1-3H3,(H2,10,13)/t7-,8-/m0/s1. The Morgan fingerprint density at radius 1 is 1.79 bits per heavy atom. The predicted octanol–water partition coefficient (Wildman–Crippen LogP) is -0.578. The van der Waals surface area contributed by atoms with Gasteiger partial charge in [0.2, 0.25) is 5.91 Å². The van der Waals surface area contributed by atoms with E-state index in [1.807, 2.05) is 18.9 Å². The summed E-state index contributed by atoms with van der Waals surface area (Å²) in [6.07, 6.45) is 1.79. The Bertz CT molecular complexity index is 263. The fourth-order valence-electron chi connectivity index (χ4n) is 1.73. The normalized spacial score (nSPS) is 29.1. The number of rotatable bonds is 2. The molecule has 1 amide bonds. The second-order valence-corrected chi connectivity index (χ2v) is 3.79. The van der Waals surface area contributed by atoms with Crippen LogP contribution < -0.4 is 5.73 Å². The average molecular weight is 199 g/mol. The predicted molar refractivity (Wildman–Crippen MR) is 52.7 cm³/mol. The van der Waals surface area contributed by atoms with Crippen molar-refractivity contribution in [2.75, 3.05) is 20.6 Å². The van der Waals surface area contributed by atoms with Gasteiger partial charge in [0.1, 0.15) is 6.04 Å². The van der Waals surface area contributed by atoms with Crippen LogP contribution in [0.5, 0.6) is 0 Å². The van der Waals surface area contributed by atoms with E-state index in [1.54, 1.807) is 13.1 Å². The van der Waals surface area contributed by atoms with Gasteiger partial charge in [-0.2, -0.15) is 5.06 Å². The topological polar surface area (TPSA) is 69.8 Å². The van der Waals surface area contributed by atoms with Crippen molar-refractivity contribution in [3.05, 3.63) is 11.6 Å². The Kier molecular flexibility index (Phi) is 3.25. The van der Waals surface area contributed by atoms with Crippen LogP contribution in [0.3, 0.4) is 0 Å². The zero-order chi connectivity index (χ0) is 10.9. The SMILES string of the molecule is CC1=C[C@@H](C(N)=O)N(C)C[C@@H]1N(C)O. The molecular weight excluding hydrogens is 182 g/mol. The van der Waals surface area contributed by atoms with Crippen LogP contribution in [0.1, 0.15) is 6.92 Å². The summed E-state index contributed by atoms with van der Waals surface area (Å²) in [5, 5.41) is 10.5. The molecule has 5 nitrogen and oxygen atoms in total. The van der Waals surface area contributed by atoms with E-state index in [4.69, 9.17) is 5.73 Å². The largest absolute Gasteiger partial charge is 0.368 e. The lowest BCUT2D eigenvalue weighted by Crippen LogP contribution is -2.51. The van der Waals surface area contributed by atoms with Crippen LogP contribution in [0, 0.1) is 0 Å². The molecule has 0 aromatic carbocycles. The third-order valence-corrected chi connectivity index (χ3v) is 2.62. The van der Waals surface area contributed by atoms with Crippen molar-refractivity contribution in [1.82, 2.24) is 9.96 Å². The second-order valence-electron chi connectivity index (χ2n) is 3.79. The molecule has 0 aromatic rings. The van der Waals surface area contributed by atoms with Gasteiger partial charge in [-0.1, -0.05) is 11.6 Å². The minimum absolute atomic E-state index is 0.0596. The van der Waals surface area contributed by atoms with E-state index >= 15 is 0 Å². The molecule has 0 fully saturated rings. The summed E-state index contributed by atoms with van der Waals surface area (Å²) in [4.78, 5) is 12.9. The fourth-order valence-corrected chi connectivity index (χ4v) is 1.73. The lowest BCUT2D eigenvalue weighted by atomic mass is 9.99. The number of amides is 1. The van der Waals surface area contributed by atoms with Gasteiger partial charge >= 0.3 is 0 Å². The Morgan fingerprint density at radius 3 is 2.79 bits per heavy atom. The van der Waals surface area contributed by atoms with Crippen LogP contribution in [0.15, 0.2) is 11.6 Å². The number of carbonyl (C=O) groups is 1. The number of nitrogens with zero attached hydrogens (tertiary/aromatic N) is 2. The third kappa shape index (κ3) is 2.12. The van der Waals surface area contributed by atoms with Crippen molar-refractivity contribution in [3.63, 3.8) is 0 Å². The number of hydrogen-bond acceptors (Lipinski definition) is 4. The molecule has 1 aliphatic heterocycles. The zero-order valence-corrected chi connectivity index (χ0v) is 8.77. The van der Waals surface area contributed by atoms with Gasteiger partial charge in [-0.05, 0) is 14.0 Å². The van der Waals surface area contributed by atoms with E-state index in [-0.39, 0.29) is 18.0 Å². The van der Waals surface area contributed by atoms with Crippen LogP contribution in [-0.4, -0.2) is 53.8 Å². The molecule has 5 heteroatoms. The van der Waals surface area contributed by atoms with Crippen LogP contribution in [-0.2, 0) is 4.79 Å². The van der Waals surface area contributed by atoms with Crippen LogP contribution >= 0.6 is 0 Å². The monoisotopic (exact) mass is 199 g/mol. The van der Waals surface area contributed by atoms with E-state index in [9.17, 15) is 10.0 Å². The zero-order valence-electron chi connectivity index (χ0n) is 8.77. The van der Waals surface area contributed by atoms with Crippen molar-refractivity contribution in [1.29, 1.82) is 0 Å². The minimum atomic E-state index is -0.356. The van der Waals surface area contributed by atoms with Gasteiger partial charge in [-0.3, -0.25) is 9.69 Å². The highest BCUT2D eigenvalue weighted by Gasteiger charge is 2.29. The quantitative estimate of drug-likeness (QED) is 0.461. The molecule has 1 aliphatic rings. The van der Waals surface area contributed by atoms with Crippen LogP contribution in [0.4, 0.5) is 0 Å². The molecule has 1 rings (SSSR count). The average Bonchev–Trinajstić information content (AvgIpc) is 2.07. The Labute approximate surface area is 83.7 Å². The lowest BCUT2D eigenvalue weighted by Gasteiger charge is -2.36. The molecule has 0 aromatic heterocycles. The first kappa shape index (κ1) is 11.2. The fraction of sp³-hybridized carbons (Fsp3) is 0.667. The molecule has 1 heterocycles. The van der Waals surface area contributed by atoms with E-state index in [0.717, 1.165) is 10.6 Å². The molecule has 0 aliphatic carbocycles. The Morgan fingerprint density at radius 2 is 2.36 bits per heavy atom. The third-order valence-electron chi connectivity index (χ3n) is 2.62. The highest BCUT2D eigenvalue weighted by atomic mass is 16.5. The molecule has 80 valence electrons. The van der Waals surface area contributed by atoms with Crippen molar-refractivity contribution in [3.8, 4) is 0 Å². The molecule has 0 saturated carbocycles. The number of nitrogens with two attached hydrogens (primary N) is 1. The van der Waals surface area contributed by atoms with E-state index in [0.29, 0.717) is 6.54 Å². The van der Waals surface area contributed by atoms with Crippen molar-refractivity contribution in [2.45, 2.75) is 19.0 Å². The number of hydroxylamine groups is 2. The van der Waals surface area contributed by atoms with Crippen molar-refractivity contribution < 1.29 is 10.0 Å². The molecule has 3 N–H and O–H groups in total. The summed E-state index contributed by atoms with van der Waals surface area (Å²) in [6, 6.07) is -0.415. The summed E-state index contributed by atoms with van der Waals surface area (Å²) in [5.74, 6) is -0.356. The van der Waals surface area contributed by atoms with Crippen LogP contribution in [0.2, 0.25) is 0 Å². The molecule has 0 bridgehead atoms. The molecule has 2 atom stereocenters. The second kappa shape index (κ2) is 4.08. The number of likely N-dealkylation sites (N-methyl/N-ethyl adjacent to an activating group) is 2. The minimum Gasteiger partial charge on any atom is -0.368 e. The van der Waals surface area contributed by atoms with Crippen LogP contribution in [0.25, 0.3) is 0 Å². The maximum Gasteiger partial charge on any atom is 0.238 e. The van der Waals surface area contributed by atoms with Crippen molar-refractivity contribution in [2.24, 2.45) is 5.73 Å². The van der Waals surface area contributed by atoms with Gasteiger partial charge in [-0.15, -0.1) is 0 Å². The first-order valence-corrected chi connectivity index (χ1v) is 4.53. The highest BCUT2D eigenvalue weighted by Crippen LogP contribution is 2.17. The Hall–Kier alpha value is -0.910. The molecule has 0 unspecified atom stereocenters. The summed E-state index contributed by atoms with van der Waals surface area (Å²) < 4.78 is 0. The first-order valence-electron chi connectivity index (χ1n) is 4.53. The van der Waals surface area contributed by atoms with E-state index < -0.39 is 0 Å². The lowest BCUT2D eigenvalue weighted by molar-refractivity contribution is -0.125. The first-order chi connectivity index (χ1) is 6.43. The molecule has 0 saturated heterocycles. The van der Waals surface area contributed by atoms with Gasteiger partial charge in [0, 0.05) is 13.6 Å². The number of carbonyl (C=O) groups excluding carboxylic acids is 1. The molecular formula is C9H17N3O2.